The van der Waals surface area contributed by atoms with Crippen LogP contribution in [0, 0.1) is 29.6 Å². The van der Waals surface area contributed by atoms with Gasteiger partial charge in [-0.25, -0.2) is 4.79 Å². The monoisotopic (exact) mass is 285 g/mol. The predicted octanol–water partition coefficient (Wildman–Crippen LogP) is 2.29. The van der Waals surface area contributed by atoms with E-state index < -0.39 is 5.97 Å². The average Bonchev–Trinajstić information content (AvgIpc) is 2.93. The zero-order valence-corrected chi connectivity index (χ0v) is 11.8. The van der Waals surface area contributed by atoms with Gasteiger partial charge in [-0.2, -0.15) is 0 Å². The smallest absolute Gasteiger partial charge is 0.335 e. The normalized spacial score (nSPS) is 35.3. The molecule has 1 amide bonds. The van der Waals surface area contributed by atoms with Crippen molar-refractivity contribution in [3.8, 4) is 0 Å². The van der Waals surface area contributed by atoms with Crippen molar-refractivity contribution in [1.29, 1.82) is 0 Å². The first-order chi connectivity index (χ1) is 10.1. The Morgan fingerprint density at radius 2 is 1.71 bits per heavy atom. The number of amides is 1. The summed E-state index contributed by atoms with van der Waals surface area (Å²) >= 11 is 0. The molecule has 0 spiro atoms. The van der Waals surface area contributed by atoms with E-state index in [4.69, 9.17) is 5.11 Å². The van der Waals surface area contributed by atoms with Crippen LogP contribution < -0.4 is 5.32 Å². The summed E-state index contributed by atoms with van der Waals surface area (Å²) in [6, 6.07) is 6.69. The van der Waals surface area contributed by atoms with Crippen LogP contribution in [0.2, 0.25) is 0 Å². The number of carbonyl (C=O) groups excluding carboxylic acids is 1. The quantitative estimate of drug-likeness (QED) is 0.892. The number of hydrogen-bond donors (Lipinski definition) is 2. The fourth-order valence-corrected chi connectivity index (χ4v) is 4.75. The van der Waals surface area contributed by atoms with Crippen LogP contribution in [-0.4, -0.2) is 17.0 Å². The van der Waals surface area contributed by atoms with Crippen molar-refractivity contribution in [2.45, 2.75) is 25.8 Å². The fourth-order valence-electron chi connectivity index (χ4n) is 4.75. The molecule has 4 nitrogen and oxygen atoms in total. The van der Waals surface area contributed by atoms with E-state index in [1.807, 2.05) is 0 Å². The molecule has 3 aliphatic carbocycles. The van der Waals surface area contributed by atoms with E-state index in [1.165, 1.54) is 19.3 Å². The van der Waals surface area contributed by atoms with Crippen molar-refractivity contribution < 1.29 is 14.7 Å². The summed E-state index contributed by atoms with van der Waals surface area (Å²) in [6.07, 6.45) is 4.01. The van der Waals surface area contributed by atoms with Crippen molar-refractivity contribution in [3.63, 3.8) is 0 Å². The Labute approximate surface area is 123 Å². The number of fused-ring (bicyclic) bond motifs is 5. The molecule has 0 aliphatic heterocycles. The van der Waals surface area contributed by atoms with Gasteiger partial charge < -0.3 is 10.4 Å². The van der Waals surface area contributed by atoms with Crippen LogP contribution in [0.4, 0.5) is 0 Å². The summed E-state index contributed by atoms with van der Waals surface area (Å²) in [5, 5.41) is 11.9. The molecule has 2 N–H and O–H groups in total. The maximum Gasteiger partial charge on any atom is 0.335 e. The van der Waals surface area contributed by atoms with Gasteiger partial charge in [-0.05, 0) is 60.6 Å². The Balaban J connectivity index is 1.33. The zero-order valence-electron chi connectivity index (χ0n) is 11.8. The van der Waals surface area contributed by atoms with Gasteiger partial charge in [0.1, 0.15) is 0 Å². The van der Waals surface area contributed by atoms with Gasteiger partial charge in [0.05, 0.1) is 5.56 Å². The minimum absolute atomic E-state index is 0.198. The van der Waals surface area contributed by atoms with Crippen LogP contribution in [0.1, 0.15) is 35.2 Å². The van der Waals surface area contributed by atoms with Crippen LogP contribution in [0.5, 0.6) is 0 Å². The van der Waals surface area contributed by atoms with Crippen molar-refractivity contribution in [1.82, 2.24) is 5.32 Å². The highest BCUT2D eigenvalue weighted by molar-refractivity contribution is 5.87. The Hall–Kier alpha value is -1.84. The molecule has 0 heterocycles. The van der Waals surface area contributed by atoms with Crippen LogP contribution in [0.3, 0.4) is 0 Å². The maximum absolute atomic E-state index is 12.3. The number of aromatic carboxylic acids is 1. The minimum atomic E-state index is -0.924. The number of nitrogens with one attached hydrogen (secondary N) is 1. The molecule has 21 heavy (non-hydrogen) atoms. The lowest BCUT2D eigenvalue weighted by molar-refractivity contribution is -0.123. The average molecular weight is 285 g/mol. The Morgan fingerprint density at radius 3 is 2.29 bits per heavy atom. The van der Waals surface area contributed by atoms with Crippen molar-refractivity contribution >= 4 is 11.9 Å². The summed E-state index contributed by atoms with van der Waals surface area (Å²) in [4.78, 5) is 23.1. The van der Waals surface area contributed by atoms with Crippen LogP contribution in [0.15, 0.2) is 24.3 Å². The lowest BCUT2D eigenvalue weighted by Gasteiger charge is -2.09. The molecule has 4 unspecified atom stereocenters. The van der Waals surface area contributed by atoms with Gasteiger partial charge in [-0.3, -0.25) is 4.79 Å². The summed E-state index contributed by atoms with van der Waals surface area (Å²) < 4.78 is 0. The molecule has 0 radical (unpaired) electrons. The maximum atomic E-state index is 12.3. The fraction of sp³-hybridized carbons (Fsp3) is 0.529. The van der Waals surface area contributed by atoms with Gasteiger partial charge in [0.25, 0.3) is 0 Å². The van der Waals surface area contributed by atoms with Crippen molar-refractivity contribution in [2.75, 3.05) is 0 Å². The topological polar surface area (TPSA) is 66.4 Å². The second kappa shape index (κ2) is 4.58. The van der Waals surface area contributed by atoms with E-state index in [9.17, 15) is 9.59 Å². The molecule has 3 saturated carbocycles. The number of carboxylic acid groups (broad SMARTS) is 1. The van der Waals surface area contributed by atoms with E-state index in [1.54, 1.807) is 24.3 Å². The van der Waals surface area contributed by atoms with E-state index >= 15 is 0 Å². The number of rotatable bonds is 4. The number of carbonyl (C=O) groups is 2. The summed E-state index contributed by atoms with van der Waals surface area (Å²) in [7, 11) is 0. The highest BCUT2D eigenvalue weighted by Crippen LogP contribution is 2.69. The first-order valence-electron chi connectivity index (χ1n) is 7.75. The third-order valence-electron chi connectivity index (χ3n) is 5.71. The first kappa shape index (κ1) is 12.9. The molecule has 0 saturated heterocycles. The second-order valence-corrected chi connectivity index (χ2v) is 6.73. The predicted molar refractivity (Wildman–Crippen MR) is 76.5 cm³/mol. The highest BCUT2D eigenvalue weighted by Gasteiger charge is 2.67. The van der Waals surface area contributed by atoms with Crippen molar-refractivity contribution in [3.05, 3.63) is 35.4 Å². The molecule has 0 aromatic heterocycles. The molecule has 4 heteroatoms. The first-order valence-corrected chi connectivity index (χ1v) is 7.75. The molecule has 3 aliphatic rings. The van der Waals surface area contributed by atoms with Gasteiger partial charge in [-0.1, -0.05) is 12.1 Å². The molecule has 1 aromatic rings. The third kappa shape index (κ3) is 2.04. The van der Waals surface area contributed by atoms with E-state index in [2.05, 4.69) is 5.32 Å². The van der Waals surface area contributed by atoms with E-state index in [0.29, 0.717) is 18.4 Å². The lowest BCUT2D eigenvalue weighted by Crippen LogP contribution is -2.27. The molecular weight excluding hydrogens is 266 g/mol. The Kier molecular flexibility index (Phi) is 2.81. The SMILES string of the molecule is O=C(O)c1ccc(CNC(=O)C2C3C4CCC(C4)C23)cc1. The third-order valence-corrected chi connectivity index (χ3v) is 5.71. The zero-order chi connectivity index (χ0) is 14.6. The minimum Gasteiger partial charge on any atom is -0.478 e. The molecule has 2 bridgehead atoms. The number of carboxylic acids is 1. The van der Waals surface area contributed by atoms with Gasteiger partial charge in [0.15, 0.2) is 0 Å². The summed E-state index contributed by atoms with van der Waals surface area (Å²) in [5.74, 6) is 2.48. The Bertz CT molecular complexity index is 579. The summed E-state index contributed by atoms with van der Waals surface area (Å²) in [5.41, 5.74) is 1.22. The molecule has 4 atom stereocenters. The van der Waals surface area contributed by atoms with Gasteiger partial charge >= 0.3 is 5.97 Å². The standard InChI is InChI=1S/C17H19NO3/c19-16(15-13-11-5-6-12(7-11)14(13)15)18-8-9-1-3-10(4-2-9)17(20)21/h1-4,11-15H,5-8H2,(H,18,19)(H,20,21). The summed E-state index contributed by atoms with van der Waals surface area (Å²) in [6.45, 7) is 0.490. The second-order valence-electron chi connectivity index (χ2n) is 6.73. The lowest BCUT2D eigenvalue weighted by atomic mass is 10.0. The van der Waals surface area contributed by atoms with Gasteiger partial charge in [0, 0.05) is 12.5 Å². The van der Waals surface area contributed by atoms with Crippen LogP contribution >= 0.6 is 0 Å². The van der Waals surface area contributed by atoms with Gasteiger partial charge in [-0.15, -0.1) is 0 Å². The largest absolute Gasteiger partial charge is 0.478 e. The number of benzene rings is 1. The van der Waals surface area contributed by atoms with E-state index in [-0.39, 0.29) is 17.4 Å². The highest BCUT2D eigenvalue weighted by atomic mass is 16.4. The van der Waals surface area contributed by atoms with Crippen molar-refractivity contribution in [2.24, 2.45) is 29.6 Å². The Morgan fingerprint density at radius 1 is 1.10 bits per heavy atom. The van der Waals surface area contributed by atoms with E-state index in [0.717, 1.165) is 17.4 Å². The molecule has 110 valence electrons. The molecular formula is C17H19NO3. The number of hydrogen-bond acceptors (Lipinski definition) is 2. The van der Waals surface area contributed by atoms with Crippen LogP contribution in [-0.2, 0) is 11.3 Å². The molecule has 3 fully saturated rings. The molecule has 1 aromatic carbocycles. The van der Waals surface area contributed by atoms with Crippen LogP contribution in [0.25, 0.3) is 0 Å². The van der Waals surface area contributed by atoms with Gasteiger partial charge in [0.2, 0.25) is 5.91 Å². The molecule has 4 rings (SSSR count).